The summed E-state index contributed by atoms with van der Waals surface area (Å²) in [5.74, 6) is -0.120. The van der Waals surface area contributed by atoms with Gasteiger partial charge in [0.15, 0.2) is 0 Å². The number of hydrogen-bond donors (Lipinski definition) is 1. The largest absolute Gasteiger partial charge is 0.480 e. The van der Waals surface area contributed by atoms with Gasteiger partial charge in [0.25, 0.3) is 0 Å². The number of nitrogens with zero attached hydrogens (tertiary/aromatic N) is 3. The zero-order chi connectivity index (χ0) is 11.5. The normalized spacial score (nSPS) is 20.1. The lowest BCUT2D eigenvalue weighted by molar-refractivity contribution is -0.138. The molecule has 1 fully saturated rings. The predicted octanol–water partition coefficient (Wildman–Crippen LogP) is 1.25. The molecule has 0 bridgehead atoms. The molecule has 6 heteroatoms. The zero-order valence-electron chi connectivity index (χ0n) is 8.96. The van der Waals surface area contributed by atoms with E-state index >= 15 is 0 Å². The van der Waals surface area contributed by atoms with Crippen molar-refractivity contribution < 1.29 is 9.90 Å². The van der Waals surface area contributed by atoms with Gasteiger partial charge in [0.2, 0.25) is 0 Å². The molecule has 0 aromatic carbocycles. The van der Waals surface area contributed by atoms with E-state index in [1.165, 1.54) is 11.8 Å². The van der Waals surface area contributed by atoms with Gasteiger partial charge in [-0.15, -0.1) is 11.8 Å². The summed E-state index contributed by atoms with van der Waals surface area (Å²) in [5.41, 5.74) is 0. The molecule has 1 atom stereocenters. The van der Waals surface area contributed by atoms with Gasteiger partial charge in [0.05, 0.1) is 12.4 Å². The van der Waals surface area contributed by atoms with Crippen LogP contribution in [0.15, 0.2) is 17.4 Å². The smallest absolute Gasteiger partial charge is 0.326 e. The minimum absolute atomic E-state index is 0.452. The van der Waals surface area contributed by atoms with Crippen LogP contribution in [0.3, 0.4) is 0 Å². The van der Waals surface area contributed by atoms with Crippen LogP contribution in [0, 0.1) is 0 Å². The third-order valence-electron chi connectivity index (χ3n) is 2.64. The Kier molecular flexibility index (Phi) is 3.28. The summed E-state index contributed by atoms with van der Waals surface area (Å²) in [6.45, 7) is 0.740. The summed E-state index contributed by atoms with van der Waals surface area (Å²) in [5, 5.41) is 9.89. The molecule has 5 nitrogen and oxygen atoms in total. The fourth-order valence-corrected chi connectivity index (χ4v) is 2.22. The molecule has 0 aliphatic carbocycles. The number of carbonyl (C=O) groups is 1. The summed E-state index contributed by atoms with van der Waals surface area (Å²) in [7, 11) is 0. The van der Waals surface area contributed by atoms with Crippen LogP contribution >= 0.6 is 11.8 Å². The topological polar surface area (TPSA) is 66.3 Å². The summed E-state index contributed by atoms with van der Waals surface area (Å²) >= 11 is 1.50. The van der Waals surface area contributed by atoms with Gasteiger partial charge in [-0.05, 0) is 19.1 Å². The number of aromatic nitrogens is 2. The lowest BCUT2D eigenvalue weighted by Gasteiger charge is -2.22. The molecule has 2 rings (SSSR count). The number of anilines is 1. The van der Waals surface area contributed by atoms with E-state index in [0.717, 1.165) is 18.0 Å². The Morgan fingerprint density at radius 3 is 3.12 bits per heavy atom. The Labute approximate surface area is 97.9 Å². The fourth-order valence-electron chi connectivity index (χ4n) is 1.87. The van der Waals surface area contributed by atoms with Crippen molar-refractivity contribution in [1.82, 2.24) is 9.97 Å². The van der Waals surface area contributed by atoms with E-state index in [1.54, 1.807) is 12.4 Å². The lowest BCUT2D eigenvalue weighted by atomic mass is 10.2. The molecule has 1 aromatic heterocycles. The van der Waals surface area contributed by atoms with Crippen molar-refractivity contribution in [2.75, 3.05) is 17.7 Å². The summed E-state index contributed by atoms with van der Waals surface area (Å²) in [4.78, 5) is 21.3. The predicted molar refractivity (Wildman–Crippen MR) is 61.8 cm³/mol. The highest BCUT2D eigenvalue weighted by atomic mass is 32.2. The summed E-state index contributed by atoms with van der Waals surface area (Å²) < 4.78 is 0. The molecular formula is C10H13N3O2S. The quantitative estimate of drug-likeness (QED) is 0.801. The molecule has 0 saturated carbocycles. The first-order valence-corrected chi connectivity index (χ1v) is 6.30. The Bertz CT molecular complexity index is 399. The van der Waals surface area contributed by atoms with Crippen molar-refractivity contribution in [1.29, 1.82) is 0 Å². The molecule has 1 aliphatic heterocycles. The molecule has 1 N–H and O–H groups in total. The minimum atomic E-state index is -0.783. The number of carboxylic acids is 1. The second kappa shape index (κ2) is 4.69. The van der Waals surface area contributed by atoms with Crippen LogP contribution in [0.5, 0.6) is 0 Å². The molecule has 0 spiro atoms. The van der Waals surface area contributed by atoms with E-state index in [0.29, 0.717) is 12.2 Å². The van der Waals surface area contributed by atoms with Crippen molar-refractivity contribution in [2.45, 2.75) is 23.9 Å². The van der Waals surface area contributed by atoms with Gasteiger partial charge < -0.3 is 10.0 Å². The van der Waals surface area contributed by atoms with Crippen molar-refractivity contribution >= 4 is 23.5 Å². The van der Waals surface area contributed by atoms with Gasteiger partial charge in [0.1, 0.15) is 16.9 Å². The number of carboxylic acid groups (broad SMARTS) is 1. The Morgan fingerprint density at radius 2 is 2.44 bits per heavy atom. The maximum absolute atomic E-state index is 11.0. The van der Waals surface area contributed by atoms with Crippen LogP contribution in [0.4, 0.5) is 5.82 Å². The number of hydrogen-bond acceptors (Lipinski definition) is 5. The molecule has 0 amide bonds. The highest BCUT2D eigenvalue weighted by Gasteiger charge is 2.31. The van der Waals surface area contributed by atoms with E-state index in [4.69, 9.17) is 5.11 Å². The van der Waals surface area contributed by atoms with Crippen LogP contribution < -0.4 is 4.90 Å². The van der Waals surface area contributed by atoms with E-state index < -0.39 is 12.0 Å². The highest BCUT2D eigenvalue weighted by Crippen LogP contribution is 2.24. The number of thioether (sulfide) groups is 1. The second-order valence-corrected chi connectivity index (χ2v) is 4.44. The monoisotopic (exact) mass is 239 g/mol. The number of aliphatic carboxylic acids is 1. The molecule has 2 heterocycles. The number of rotatable bonds is 3. The summed E-state index contributed by atoms with van der Waals surface area (Å²) in [6, 6.07) is -0.452. The van der Waals surface area contributed by atoms with Crippen molar-refractivity contribution in [3.63, 3.8) is 0 Å². The Hall–Kier alpha value is -1.30. The van der Waals surface area contributed by atoms with E-state index in [1.807, 2.05) is 11.2 Å². The van der Waals surface area contributed by atoms with Gasteiger partial charge in [-0.3, -0.25) is 4.98 Å². The second-order valence-electron chi connectivity index (χ2n) is 3.61. The van der Waals surface area contributed by atoms with Crippen LogP contribution in [-0.4, -0.2) is 39.9 Å². The van der Waals surface area contributed by atoms with E-state index in [9.17, 15) is 4.79 Å². The van der Waals surface area contributed by atoms with Gasteiger partial charge in [-0.25, -0.2) is 9.78 Å². The molecular weight excluding hydrogens is 226 g/mol. The lowest BCUT2D eigenvalue weighted by Crippen LogP contribution is -2.36. The van der Waals surface area contributed by atoms with Crippen LogP contribution in [0.1, 0.15) is 12.8 Å². The molecule has 1 saturated heterocycles. The minimum Gasteiger partial charge on any atom is -0.480 e. The third kappa shape index (κ3) is 2.11. The van der Waals surface area contributed by atoms with Crippen LogP contribution in [0.25, 0.3) is 0 Å². The molecule has 0 unspecified atom stereocenters. The highest BCUT2D eigenvalue weighted by molar-refractivity contribution is 7.98. The van der Waals surface area contributed by atoms with Crippen molar-refractivity contribution in [2.24, 2.45) is 0 Å². The standard InChI is InChI=1S/C10H13N3O2S/c1-16-9-6-11-5-8(12-9)13-4-2-3-7(13)10(14)15/h5-7H,2-4H2,1H3,(H,14,15)/t7-/m1/s1. The van der Waals surface area contributed by atoms with Crippen LogP contribution in [-0.2, 0) is 4.79 Å². The maximum atomic E-state index is 11.0. The third-order valence-corrected chi connectivity index (χ3v) is 3.26. The first kappa shape index (κ1) is 11.2. The zero-order valence-corrected chi connectivity index (χ0v) is 9.78. The van der Waals surface area contributed by atoms with Crippen molar-refractivity contribution in [3.05, 3.63) is 12.4 Å². The van der Waals surface area contributed by atoms with E-state index in [2.05, 4.69) is 9.97 Å². The van der Waals surface area contributed by atoms with Gasteiger partial charge in [-0.1, -0.05) is 0 Å². The van der Waals surface area contributed by atoms with Crippen molar-refractivity contribution in [3.8, 4) is 0 Å². The Morgan fingerprint density at radius 1 is 1.62 bits per heavy atom. The summed E-state index contributed by atoms with van der Waals surface area (Å²) in [6.07, 6.45) is 6.80. The van der Waals surface area contributed by atoms with Crippen LogP contribution in [0.2, 0.25) is 0 Å². The first-order valence-electron chi connectivity index (χ1n) is 5.08. The average Bonchev–Trinajstić information content (AvgIpc) is 2.78. The molecule has 16 heavy (non-hydrogen) atoms. The first-order chi connectivity index (χ1) is 7.72. The SMILES string of the molecule is CSc1cncc(N2CCC[C@@H]2C(=O)O)n1. The molecule has 1 aliphatic rings. The van der Waals surface area contributed by atoms with Gasteiger partial charge in [-0.2, -0.15) is 0 Å². The van der Waals surface area contributed by atoms with Gasteiger partial charge >= 0.3 is 5.97 Å². The van der Waals surface area contributed by atoms with E-state index in [-0.39, 0.29) is 0 Å². The average molecular weight is 239 g/mol. The molecule has 0 radical (unpaired) electrons. The maximum Gasteiger partial charge on any atom is 0.326 e. The Balaban J connectivity index is 2.25. The fraction of sp³-hybridized carbons (Fsp3) is 0.500. The molecule has 1 aromatic rings. The van der Waals surface area contributed by atoms with Gasteiger partial charge in [0, 0.05) is 6.54 Å². The molecule has 86 valence electrons.